The maximum Gasteiger partial charge on any atom is 0.573 e. The fourth-order valence-electron chi connectivity index (χ4n) is 2.34. The molecular formula is C15H9F3N2O3. The Morgan fingerprint density at radius 1 is 0.957 bits per heavy atom. The van der Waals surface area contributed by atoms with Crippen LogP contribution in [-0.2, 0) is 0 Å². The molecule has 2 aromatic carbocycles. The third kappa shape index (κ3) is 2.59. The average molecular weight is 322 g/mol. The van der Waals surface area contributed by atoms with Crippen LogP contribution in [0.4, 0.5) is 24.5 Å². The van der Waals surface area contributed by atoms with Crippen molar-refractivity contribution in [3.05, 3.63) is 53.6 Å². The van der Waals surface area contributed by atoms with E-state index in [-0.39, 0.29) is 22.5 Å². The number of carbonyl (C=O) groups excluding carboxylic acids is 2. The number of nitrogens with zero attached hydrogens (tertiary/aromatic N) is 1. The minimum Gasteiger partial charge on any atom is -0.406 e. The molecule has 0 atom stereocenters. The maximum atomic E-state index is 12.4. The summed E-state index contributed by atoms with van der Waals surface area (Å²) in [5, 5.41) is 0. The fraction of sp³-hybridized carbons (Fsp3) is 0.0667. The summed E-state index contributed by atoms with van der Waals surface area (Å²) in [6.45, 7) is 0. The molecule has 0 saturated heterocycles. The molecule has 118 valence electrons. The van der Waals surface area contributed by atoms with Crippen molar-refractivity contribution in [1.29, 1.82) is 0 Å². The Labute approximate surface area is 128 Å². The Morgan fingerprint density at radius 3 is 2.17 bits per heavy atom. The number of alkyl halides is 3. The van der Waals surface area contributed by atoms with Crippen LogP contribution in [0.5, 0.6) is 5.75 Å². The van der Waals surface area contributed by atoms with E-state index in [0.717, 1.165) is 17.0 Å². The molecule has 0 spiro atoms. The summed E-state index contributed by atoms with van der Waals surface area (Å²) in [6.07, 6.45) is -4.81. The predicted octanol–water partition coefficient (Wildman–Crippen LogP) is 2.97. The van der Waals surface area contributed by atoms with E-state index in [2.05, 4.69) is 4.74 Å². The van der Waals surface area contributed by atoms with Crippen LogP contribution in [0.3, 0.4) is 0 Å². The van der Waals surface area contributed by atoms with E-state index in [0.29, 0.717) is 0 Å². The van der Waals surface area contributed by atoms with Crippen LogP contribution in [0.15, 0.2) is 42.5 Å². The van der Waals surface area contributed by atoms with Crippen LogP contribution >= 0.6 is 0 Å². The van der Waals surface area contributed by atoms with E-state index in [1.807, 2.05) is 0 Å². The molecular weight excluding hydrogens is 313 g/mol. The first-order valence-corrected chi connectivity index (χ1v) is 6.41. The Bertz CT molecular complexity index is 801. The van der Waals surface area contributed by atoms with Crippen molar-refractivity contribution in [3.63, 3.8) is 0 Å². The topological polar surface area (TPSA) is 72.6 Å². The standard InChI is InChI=1S/C15H9F3N2O3/c16-15(17,18)23-9-6-4-8(5-7-9)20-13(21)10-2-1-3-11(19)12(10)14(20)22/h1-7H,19H2. The van der Waals surface area contributed by atoms with Crippen molar-refractivity contribution >= 4 is 23.2 Å². The first kappa shape index (κ1) is 14.9. The van der Waals surface area contributed by atoms with Gasteiger partial charge in [-0.25, -0.2) is 4.90 Å². The number of hydrogen-bond donors (Lipinski definition) is 1. The van der Waals surface area contributed by atoms with E-state index < -0.39 is 23.9 Å². The number of anilines is 2. The Hall–Kier alpha value is -3.03. The van der Waals surface area contributed by atoms with Gasteiger partial charge in [0.15, 0.2) is 0 Å². The molecule has 1 aliphatic rings. The van der Waals surface area contributed by atoms with Gasteiger partial charge in [0.25, 0.3) is 11.8 Å². The van der Waals surface area contributed by atoms with Crippen molar-refractivity contribution in [3.8, 4) is 5.75 Å². The molecule has 0 aromatic heterocycles. The first-order chi connectivity index (χ1) is 10.8. The van der Waals surface area contributed by atoms with E-state index in [1.54, 1.807) is 6.07 Å². The minimum absolute atomic E-state index is 0.0909. The summed E-state index contributed by atoms with van der Waals surface area (Å²) >= 11 is 0. The Kier molecular flexibility index (Phi) is 3.24. The van der Waals surface area contributed by atoms with Gasteiger partial charge < -0.3 is 10.5 Å². The van der Waals surface area contributed by atoms with Gasteiger partial charge in [0, 0.05) is 5.69 Å². The molecule has 0 bridgehead atoms. The highest BCUT2D eigenvalue weighted by molar-refractivity contribution is 6.35. The smallest absolute Gasteiger partial charge is 0.406 e. The highest BCUT2D eigenvalue weighted by Crippen LogP contribution is 2.33. The largest absolute Gasteiger partial charge is 0.573 e. The van der Waals surface area contributed by atoms with Crippen LogP contribution in [0.2, 0.25) is 0 Å². The second kappa shape index (κ2) is 5.01. The molecule has 0 saturated carbocycles. The quantitative estimate of drug-likeness (QED) is 0.681. The van der Waals surface area contributed by atoms with Crippen molar-refractivity contribution < 1.29 is 27.5 Å². The lowest BCUT2D eigenvalue weighted by atomic mass is 10.1. The van der Waals surface area contributed by atoms with Crippen molar-refractivity contribution in [1.82, 2.24) is 0 Å². The van der Waals surface area contributed by atoms with E-state index in [1.165, 1.54) is 24.3 Å². The molecule has 2 N–H and O–H groups in total. The monoisotopic (exact) mass is 322 g/mol. The van der Waals surface area contributed by atoms with Gasteiger partial charge in [-0.2, -0.15) is 0 Å². The van der Waals surface area contributed by atoms with Gasteiger partial charge in [0.05, 0.1) is 16.8 Å². The lowest BCUT2D eigenvalue weighted by Gasteiger charge is -2.15. The molecule has 2 aromatic rings. The maximum absolute atomic E-state index is 12.4. The van der Waals surface area contributed by atoms with E-state index >= 15 is 0 Å². The molecule has 1 aliphatic heterocycles. The van der Waals surface area contributed by atoms with Crippen LogP contribution in [-0.4, -0.2) is 18.2 Å². The number of ether oxygens (including phenoxy) is 1. The van der Waals surface area contributed by atoms with Gasteiger partial charge in [-0.05, 0) is 36.4 Å². The van der Waals surface area contributed by atoms with Gasteiger partial charge in [-0.3, -0.25) is 9.59 Å². The molecule has 0 fully saturated rings. The highest BCUT2D eigenvalue weighted by atomic mass is 19.4. The van der Waals surface area contributed by atoms with Gasteiger partial charge in [0.2, 0.25) is 0 Å². The number of imide groups is 1. The van der Waals surface area contributed by atoms with E-state index in [4.69, 9.17) is 5.73 Å². The number of benzene rings is 2. The van der Waals surface area contributed by atoms with E-state index in [9.17, 15) is 22.8 Å². The van der Waals surface area contributed by atoms with Gasteiger partial charge in [-0.15, -0.1) is 13.2 Å². The zero-order chi connectivity index (χ0) is 16.8. The summed E-state index contributed by atoms with van der Waals surface area (Å²) in [4.78, 5) is 25.5. The molecule has 23 heavy (non-hydrogen) atoms. The number of rotatable bonds is 2. The second-order valence-corrected chi connectivity index (χ2v) is 4.76. The first-order valence-electron chi connectivity index (χ1n) is 6.41. The zero-order valence-electron chi connectivity index (χ0n) is 11.4. The van der Waals surface area contributed by atoms with Gasteiger partial charge >= 0.3 is 6.36 Å². The SMILES string of the molecule is Nc1cccc2c1C(=O)N(c1ccc(OC(F)(F)F)cc1)C2=O. The zero-order valence-corrected chi connectivity index (χ0v) is 11.4. The third-order valence-corrected chi connectivity index (χ3v) is 3.28. The van der Waals surface area contributed by atoms with Crippen molar-refractivity contribution in [2.45, 2.75) is 6.36 Å². The van der Waals surface area contributed by atoms with Crippen LogP contribution in [0.25, 0.3) is 0 Å². The minimum atomic E-state index is -4.81. The van der Waals surface area contributed by atoms with Gasteiger partial charge in [0.1, 0.15) is 5.75 Å². The normalized spacial score (nSPS) is 14.1. The summed E-state index contributed by atoms with van der Waals surface area (Å²) in [5.41, 5.74) is 6.26. The number of amides is 2. The number of carbonyl (C=O) groups is 2. The van der Waals surface area contributed by atoms with Crippen LogP contribution in [0, 0.1) is 0 Å². The van der Waals surface area contributed by atoms with Crippen molar-refractivity contribution in [2.24, 2.45) is 0 Å². The average Bonchev–Trinajstić information content (AvgIpc) is 2.72. The molecule has 2 amide bonds. The molecule has 0 radical (unpaired) electrons. The summed E-state index contributed by atoms with van der Waals surface area (Å²) in [6, 6.07) is 8.94. The number of nitrogens with two attached hydrogens (primary N) is 1. The number of nitrogen functional groups attached to an aromatic ring is 1. The number of fused-ring (bicyclic) bond motifs is 1. The van der Waals surface area contributed by atoms with Crippen molar-refractivity contribution in [2.75, 3.05) is 10.6 Å². The molecule has 0 aliphatic carbocycles. The molecule has 3 rings (SSSR count). The third-order valence-electron chi connectivity index (χ3n) is 3.28. The lowest BCUT2D eigenvalue weighted by molar-refractivity contribution is -0.274. The number of halogens is 3. The molecule has 1 heterocycles. The fourth-order valence-corrected chi connectivity index (χ4v) is 2.34. The Morgan fingerprint density at radius 2 is 1.61 bits per heavy atom. The summed E-state index contributed by atoms with van der Waals surface area (Å²) < 4.78 is 40.2. The predicted molar refractivity (Wildman–Crippen MR) is 75.1 cm³/mol. The summed E-state index contributed by atoms with van der Waals surface area (Å²) in [5.74, 6) is -1.65. The molecule has 8 heteroatoms. The summed E-state index contributed by atoms with van der Waals surface area (Å²) in [7, 11) is 0. The Balaban J connectivity index is 1.93. The molecule has 5 nitrogen and oxygen atoms in total. The second-order valence-electron chi connectivity index (χ2n) is 4.76. The van der Waals surface area contributed by atoms with Gasteiger partial charge in [-0.1, -0.05) is 6.07 Å². The number of hydrogen-bond acceptors (Lipinski definition) is 4. The lowest BCUT2D eigenvalue weighted by Crippen LogP contribution is -2.29. The van der Waals surface area contributed by atoms with Crippen LogP contribution < -0.4 is 15.4 Å². The van der Waals surface area contributed by atoms with Crippen LogP contribution in [0.1, 0.15) is 20.7 Å². The highest BCUT2D eigenvalue weighted by Gasteiger charge is 2.38. The molecule has 0 unspecified atom stereocenters.